The van der Waals surface area contributed by atoms with Gasteiger partial charge in [0.05, 0.1) is 39.7 Å². The Morgan fingerprint density at radius 2 is 1.47 bits per heavy atom. The number of hydrogen-bond donors (Lipinski definition) is 5. The molecule has 0 saturated heterocycles. The lowest BCUT2D eigenvalue weighted by Crippen LogP contribution is -2.40. The standard InChI is InChI=1S/C42H48N6O10/c1-27-38(41(51)52)40(29-12-8-14-33(20-29)48(54)55)39(28(2)47(27)3)42(53)56-19-9-13-32(46-24-35(50)26-58-37-16-7-5-11-31(37)22-44)17-18-45-23-34(49)25-57-36-15-6-4-10-30(36)21-43/h4-8,10-12,14-16,20,32,34-35,40,45-46,49-50H,9,13,17-19,23-26H2,1-3H3,(H,51,52). The summed E-state index contributed by atoms with van der Waals surface area (Å²) in [5.74, 6) is -2.41. The number of aliphatic hydroxyl groups is 2. The van der Waals surface area contributed by atoms with E-state index in [0.29, 0.717) is 59.8 Å². The van der Waals surface area contributed by atoms with Gasteiger partial charge in [-0.25, -0.2) is 9.59 Å². The minimum absolute atomic E-state index is 0.0309. The van der Waals surface area contributed by atoms with E-state index in [1.165, 1.54) is 18.2 Å². The van der Waals surface area contributed by atoms with Crippen LogP contribution in [0.3, 0.4) is 0 Å². The fraction of sp³-hybridized carbons (Fsp3) is 0.381. The Morgan fingerprint density at radius 1 is 0.879 bits per heavy atom. The van der Waals surface area contributed by atoms with Crippen molar-refractivity contribution in [3.8, 4) is 23.6 Å². The molecular weight excluding hydrogens is 748 g/mol. The van der Waals surface area contributed by atoms with Gasteiger partial charge in [-0.3, -0.25) is 10.1 Å². The molecule has 16 nitrogen and oxygen atoms in total. The van der Waals surface area contributed by atoms with Gasteiger partial charge in [0.2, 0.25) is 0 Å². The van der Waals surface area contributed by atoms with Crippen molar-refractivity contribution in [3.63, 3.8) is 0 Å². The number of rotatable bonds is 22. The molecule has 0 spiro atoms. The van der Waals surface area contributed by atoms with E-state index in [0.717, 1.165) is 0 Å². The van der Waals surface area contributed by atoms with Crippen molar-refractivity contribution in [1.82, 2.24) is 15.5 Å². The molecule has 58 heavy (non-hydrogen) atoms. The second kappa shape index (κ2) is 21.9. The number of esters is 1. The summed E-state index contributed by atoms with van der Waals surface area (Å²) in [6.45, 7) is 3.94. The van der Waals surface area contributed by atoms with Crippen LogP contribution in [-0.4, -0.2) is 102 Å². The summed E-state index contributed by atoms with van der Waals surface area (Å²) in [5, 5.41) is 68.2. The maximum absolute atomic E-state index is 13.8. The van der Waals surface area contributed by atoms with Crippen LogP contribution in [0, 0.1) is 32.8 Å². The number of nitro benzene ring substituents is 1. The Labute approximate surface area is 336 Å². The Morgan fingerprint density at radius 3 is 2.05 bits per heavy atom. The number of carbonyl (C=O) groups is 2. The number of para-hydroxylation sites is 2. The molecule has 0 fully saturated rings. The van der Waals surface area contributed by atoms with Gasteiger partial charge in [0.15, 0.2) is 0 Å². The highest BCUT2D eigenvalue weighted by Crippen LogP contribution is 2.42. The van der Waals surface area contributed by atoms with Gasteiger partial charge in [-0.1, -0.05) is 36.4 Å². The van der Waals surface area contributed by atoms with Crippen molar-refractivity contribution in [2.45, 2.75) is 57.3 Å². The molecule has 16 heteroatoms. The van der Waals surface area contributed by atoms with Gasteiger partial charge < -0.3 is 45.1 Å². The molecule has 1 heterocycles. The molecule has 3 aromatic carbocycles. The summed E-state index contributed by atoms with van der Waals surface area (Å²) in [5.41, 5.74) is 1.52. The first kappa shape index (κ1) is 44.4. The third-order valence-electron chi connectivity index (χ3n) is 9.73. The summed E-state index contributed by atoms with van der Waals surface area (Å²) < 4.78 is 17.0. The number of ether oxygens (including phenoxy) is 3. The average molecular weight is 797 g/mol. The molecule has 306 valence electrons. The minimum atomic E-state index is -1.27. The second-order valence-corrected chi connectivity index (χ2v) is 13.7. The number of nitrogens with zero attached hydrogens (tertiary/aromatic N) is 4. The number of benzene rings is 3. The average Bonchev–Trinajstić information content (AvgIpc) is 3.22. The summed E-state index contributed by atoms with van der Waals surface area (Å²) in [7, 11) is 1.64. The molecule has 1 aliphatic rings. The SMILES string of the molecule is CC1=C(C(=O)O)C(c2cccc([N+](=O)[O-])c2)C(C(=O)OCCCC(CCNCC(O)COc2ccccc2C#N)NCC(O)COc2ccccc2C#N)=C(C)N1C. The Balaban J connectivity index is 1.38. The van der Waals surface area contributed by atoms with E-state index < -0.39 is 35.0 Å². The van der Waals surface area contributed by atoms with E-state index in [9.17, 15) is 45.5 Å². The number of nitro groups is 1. The molecule has 3 aromatic rings. The third kappa shape index (κ3) is 12.1. The number of non-ortho nitro benzene ring substituents is 1. The highest BCUT2D eigenvalue weighted by atomic mass is 16.6. The number of carboxylic acid groups (broad SMARTS) is 1. The number of carbonyl (C=O) groups excluding carboxylic acids is 1. The molecule has 0 aliphatic carbocycles. The lowest BCUT2D eigenvalue weighted by Gasteiger charge is -2.35. The fourth-order valence-electron chi connectivity index (χ4n) is 6.50. The molecule has 4 atom stereocenters. The maximum atomic E-state index is 13.8. The van der Waals surface area contributed by atoms with Gasteiger partial charge in [-0.2, -0.15) is 10.5 Å². The minimum Gasteiger partial charge on any atom is -0.489 e. The number of aliphatic carboxylic acids is 1. The first-order chi connectivity index (χ1) is 27.9. The third-order valence-corrected chi connectivity index (χ3v) is 9.73. The van der Waals surface area contributed by atoms with Gasteiger partial charge in [0.1, 0.15) is 49.1 Å². The Kier molecular flexibility index (Phi) is 16.7. The number of nitriles is 2. The van der Waals surface area contributed by atoms with Crippen molar-refractivity contribution in [3.05, 3.63) is 122 Å². The van der Waals surface area contributed by atoms with Crippen molar-refractivity contribution >= 4 is 17.6 Å². The predicted octanol–water partition coefficient (Wildman–Crippen LogP) is 4.14. The lowest BCUT2D eigenvalue weighted by atomic mass is 9.80. The van der Waals surface area contributed by atoms with Crippen LogP contribution in [0.4, 0.5) is 5.69 Å². The Hall–Kier alpha value is -6.30. The molecule has 0 amide bonds. The number of carboxylic acids is 1. The topological polar surface area (TPSA) is 241 Å². The predicted molar refractivity (Wildman–Crippen MR) is 211 cm³/mol. The van der Waals surface area contributed by atoms with Crippen molar-refractivity contribution in [1.29, 1.82) is 10.5 Å². The normalized spacial score (nSPS) is 15.5. The van der Waals surface area contributed by atoms with Crippen LogP contribution >= 0.6 is 0 Å². The van der Waals surface area contributed by atoms with E-state index in [1.807, 2.05) is 0 Å². The molecule has 0 bridgehead atoms. The molecule has 4 unspecified atom stereocenters. The van der Waals surface area contributed by atoms with Gasteiger partial charge >= 0.3 is 11.9 Å². The van der Waals surface area contributed by atoms with Crippen LogP contribution in [0.2, 0.25) is 0 Å². The highest BCUT2D eigenvalue weighted by Gasteiger charge is 2.39. The molecule has 0 radical (unpaired) electrons. The van der Waals surface area contributed by atoms with Crippen molar-refractivity contribution in [2.24, 2.45) is 0 Å². The molecular formula is C42H48N6O10. The first-order valence-electron chi connectivity index (χ1n) is 18.7. The zero-order chi connectivity index (χ0) is 42.2. The summed E-state index contributed by atoms with van der Waals surface area (Å²) in [6, 6.07) is 22.9. The zero-order valence-corrected chi connectivity index (χ0v) is 32.6. The molecule has 4 rings (SSSR count). The van der Waals surface area contributed by atoms with Crippen LogP contribution in [0.1, 0.15) is 55.7 Å². The number of nitrogens with one attached hydrogen (secondary N) is 2. The monoisotopic (exact) mass is 796 g/mol. The number of aliphatic hydroxyl groups excluding tert-OH is 2. The smallest absolute Gasteiger partial charge is 0.336 e. The van der Waals surface area contributed by atoms with Crippen LogP contribution in [0.25, 0.3) is 0 Å². The van der Waals surface area contributed by atoms with E-state index in [-0.39, 0.29) is 61.3 Å². The maximum Gasteiger partial charge on any atom is 0.336 e. The van der Waals surface area contributed by atoms with Gasteiger partial charge in [-0.15, -0.1) is 0 Å². The summed E-state index contributed by atoms with van der Waals surface area (Å²) in [4.78, 5) is 38.9. The highest BCUT2D eigenvalue weighted by molar-refractivity contribution is 5.99. The van der Waals surface area contributed by atoms with Gasteiger partial charge in [-0.05, 0) is 69.5 Å². The summed E-state index contributed by atoms with van der Waals surface area (Å²) in [6.07, 6.45) is -0.388. The van der Waals surface area contributed by atoms with E-state index >= 15 is 0 Å². The van der Waals surface area contributed by atoms with Crippen molar-refractivity contribution in [2.75, 3.05) is 46.5 Å². The van der Waals surface area contributed by atoms with Crippen LogP contribution in [0.5, 0.6) is 11.5 Å². The largest absolute Gasteiger partial charge is 0.489 e. The van der Waals surface area contributed by atoms with E-state index in [1.54, 1.807) is 80.4 Å². The van der Waals surface area contributed by atoms with Crippen LogP contribution in [0.15, 0.2) is 95.3 Å². The molecule has 1 aliphatic heterocycles. The van der Waals surface area contributed by atoms with E-state index in [2.05, 4.69) is 22.8 Å². The number of allylic oxidation sites excluding steroid dienone is 2. The molecule has 0 aromatic heterocycles. The van der Waals surface area contributed by atoms with Crippen LogP contribution < -0.4 is 20.1 Å². The quantitative estimate of drug-likeness (QED) is 0.0416. The fourth-order valence-corrected chi connectivity index (χ4v) is 6.50. The Bertz CT molecular complexity index is 2070. The lowest BCUT2D eigenvalue weighted by molar-refractivity contribution is -0.384. The van der Waals surface area contributed by atoms with Gasteiger partial charge in [0.25, 0.3) is 5.69 Å². The molecule has 5 N–H and O–H groups in total. The first-order valence-corrected chi connectivity index (χ1v) is 18.7. The summed E-state index contributed by atoms with van der Waals surface area (Å²) >= 11 is 0. The van der Waals surface area contributed by atoms with Gasteiger partial charge in [0, 0.05) is 49.7 Å². The second-order valence-electron chi connectivity index (χ2n) is 13.7. The van der Waals surface area contributed by atoms with E-state index in [4.69, 9.17) is 14.2 Å². The molecule has 0 saturated carbocycles. The van der Waals surface area contributed by atoms with Crippen LogP contribution in [-0.2, 0) is 14.3 Å². The van der Waals surface area contributed by atoms with Crippen molar-refractivity contribution < 1.29 is 44.0 Å². The number of hydrogen-bond acceptors (Lipinski definition) is 14. The zero-order valence-electron chi connectivity index (χ0n) is 32.6.